The number of nitrogens with zero attached hydrogens (tertiary/aromatic N) is 3. The second-order valence-corrected chi connectivity index (χ2v) is 6.36. The molecule has 0 bridgehead atoms. The maximum absolute atomic E-state index is 4.20. The molecule has 0 aliphatic heterocycles. The van der Waals surface area contributed by atoms with Gasteiger partial charge in [0.2, 0.25) is 0 Å². The zero-order chi connectivity index (χ0) is 13.8. The summed E-state index contributed by atoms with van der Waals surface area (Å²) < 4.78 is 1.92. The first kappa shape index (κ1) is 15.2. The van der Waals surface area contributed by atoms with Crippen LogP contribution in [0.4, 0.5) is 0 Å². The van der Waals surface area contributed by atoms with E-state index in [1.807, 2.05) is 10.9 Å². The minimum absolute atomic E-state index is 0.00753. The lowest BCUT2D eigenvalue weighted by Crippen LogP contribution is -2.27. The first-order valence-electron chi connectivity index (χ1n) is 6.98. The van der Waals surface area contributed by atoms with Gasteiger partial charge in [0.05, 0.1) is 17.4 Å². The molecule has 2 unspecified atom stereocenters. The van der Waals surface area contributed by atoms with Gasteiger partial charge in [0, 0.05) is 12.6 Å². The van der Waals surface area contributed by atoms with Gasteiger partial charge in [0.25, 0.3) is 0 Å². The highest BCUT2D eigenvalue weighted by Crippen LogP contribution is 2.12. The Morgan fingerprint density at radius 2 is 2.00 bits per heavy atom. The molecule has 18 heavy (non-hydrogen) atoms. The molecule has 0 aliphatic rings. The number of aromatic nitrogens is 3. The quantitative estimate of drug-likeness (QED) is 0.846. The fourth-order valence-corrected chi connectivity index (χ4v) is 1.84. The molecule has 1 aromatic heterocycles. The van der Waals surface area contributed by atoms with E-state index in [2.05, 4.69) is 57.2 Å². The van der Waals surface area contributed by atoms with Crippen LogP contribution in [0.2, 0.25) is 0 Å². The SMILES string of the molecule is CCC(C)CC(C)NCc1cn(C(C)(C)C)nn1. The van der Waals surface area contributed by atoms with Crippen LogP contribution < -0.4 is 5.32 Å². The van der Waals surface area contributed by atoms with Gasteiger partial charge in [-0.05, 0) is 40.0 Å². The monoisotopic (exact) mass is 252 g/mol. The van der Waals surface area contributed by atoms with E-state index in [9.17, 15) is 0 Å². The van der Waals surface area contributed by atoms with Crippen LogP contribution in [-0.4, -0.2) is 21.0 Å². The number of hydrogen-bond acceptors (Lipinski definition) is 3. The molecule has 1 heterocycles. The summed E-state index contributed by atoms with van der Waals surface area (Å²) in [6.07, 6.45) is 4.49. The molecular formula is C14H28N4. The summed E-state index contributed by atoms with van der Waals surface area (Å²) >= 11 is 0. The normalized spacial score (nSPS) is 15.7. The second kappa shape index (κ2) is 6.32. The van der Waals surface area contributed by atoms with Gasteiger partial charge in [-0.2, -0.15) is 0 Å². The summed E-state index contributed by atoms with van der Waals surface area (Å²) in [5, 5.41) is 11.9. The van der Waals surface area contributed by atoms with Crippen molar-refractivity contribution >= 4 is 0 Å². The first-order valence-corrected chi connectivity index (χ1v) is 6.98. The minimum atomic E-state index is 0.00753. The lowest BCUT2D eigenvalue weighted by Gasteiger charge is -2.18. The Bertz CT molecular complexity index is 351. The lowest BCUT2D eigenvalue weighted by molar-refractivity contribution is 0.346. The van der Waals surface area contributed by atoms with Gasteiger partial charge in [0.15, 0.2) is 0 Å². The van der Waals surface area contributed by atoms with Gasteiger partial charge in [-0.15, -0.1) is 5.10 Å². The second-order valence-electron chi connectivity index (χ2n) is 6.36. The molecule has 0 saturated heterocycles. The zero-order valence-corrected chi connectivity index (χ0v) is 12.7. The molecule has 0 spiro atoms. The number of hydrogen-bond donors (Lipinski definition) is 1. The number of nitrogens with one attached hydrogen (secondary N) is 1. The third-order valence-electron chi connectivity index (χ3n) is 3.31. The van der Waals surface area contributed by atoms with E-state index >= 15 is 0 Å². The molecule has 0 radical (unpaired) electrons. The molecule has 104 valence electrons. The molecule has 0 aliphatic carbocycles. The van der Waals surface area contributed by atoms with Crippen molar-refractivity contribution in [2.24, 2.45) is 5.92 Å². The Balaban J connectivity index is 2.42. The van der Waals surface area contributed by atoms with E-state index in [1.54, 1.807) is 0 Å². The molecule has 0 saturated carbocycles. The molecule has 0 aromatic carbocycles. The highest BCUT2D eigenvalue weighted by Gasteiger charge is 2.15. The average molecular weight is 252 g/mol. The van der Waals surface area contributed by atoms with Crippen molar-refractivity contribution in [1.82, 2.24) is 20.3 Å². The highest BCUT2D eigenvalue weighted by molar-refractivity contribution is 4.94. The molecule has 2 atom stereocenters. The minimum Gasteiger partial charge on any atom is -0.309 e. The van der Waals surface area contributed by atoms with E-state index in [0.717, 1.165) is 18.2 Å². The Morgan fingerprint density at radius 3 is 2.50 bits per heavy atom. The van der Waals surface area contributed by atoms with Gasteiger partial charge in [-0.25, -0.2) is 4.68 Å². The van der Waals surface area contributed by atoms with Crippen LogP contribution in [-0.2, 0) is 12.1 Å². The first-order chi connectivity index (χ1) is 8.32. The van der Waals surface area contributed by atoms with Gasteiger partial charge in [0.1, 0.15) is 0 Å². The van der Waals surface area contributed by atoms with Crippen molar-refractivity contribution < 1.29 is 0 Å². The van der Waals surface area contributed by atoms with Crippen LogP contribution in [0.3, 0.4) is 0 Å². The van der Waals surface area contributed by atoms with Crippen molar-refractivity contribution in [2.75, 3.05) is 0 Å². The molecule has 0 amide bonds. The summed E-state index contributed by atoms with van der Waals surface area (Å²) in [6.45, 7) is 14.0. The van der Waals surface area contributed by atoms with Crippen LogP contribution in [0.25, 0.3) is 0 Å². The summed E-state index contributed by atoms with van der Waals surface area (Å²) in [5.74, 6) is 0.776. The summed E-state index contributed by atoms with van der Waals surface area (Å²) in [5.41, 5.74) is 1.02. The van der Waals surface area contributed by atoms with E-state index in [0.29, 0.717) is 6.04 Å². The smallest absolute Gasteiger partial charge is 0.0965 e. The van der Waals surface area contributed by atoms with Crippen molar-refractivity contribution in [3.8, 4) is 0 Å². The van der Waals surface area contributed by atoms with Crippen molar-refractivity contribution in [3.05, 3.63) is 11.9 Å². The van der Waals surface area contributed by atoms with Gasteiger partial charge < -0.3 is 5.32 Å². The molecule has 4 nitrogen and oxygen atoms in total. The van der Waals surface area contributed by atoms with Gasteiger partial charge in [-0.1, -0.05) is 25.5 Å². The molecule has 1 rings (SSSR count). The third-order valence-corrected chi connectivity index (χ3v) is 3.31. The Labute approximate surface area is 111 Å². The lowest BCUT2D eigenvalue weighted by atomic mass is 10.0. The van der Waals surface area contributed by atoms with Gasteiger partial charge in [-0.3, -0.25) is 0 Å². The predicted molar refractivity (Wildman–Crippen MR) is 75.4 cm³/mol. The molecule has 1 aromatic rings. The molecule has 1 N–H and O–H groups in total. The van der Waals surface area contributed by atoms with Crippen molar-refractivity contribution in [2.45, 2.75) is 72.5 Å². The zero-order valence-electron chi connectivity index (χ0n) is 12.7. The fraction of sp³-hybridized carbons (Fsp3) is 0.857. The number of rotatable bonds is 6. The topological polar surface area (TPSA) is 42.7 Å². The maximum Gasteiger partial charge on any atom is 0.0965 e. The predicted octanol–water partition coefficient (Wildman–Crippen LogP) is 2.95. The van der Waals surface area contributed by atoms with Crippen LogP contribution in [0.1, 0.15) is 60.1 Å². The van der Waals surface area contributed by atoms with E-state index in [-0.39, 0.29) is 5.54 Å². The van der Waals surface area contributed by atoms with Crippen LogP contribution in [0.5, 0.6) is 0 Å². The Morgan fingerprint density at radius 1 is 1.33 bits per heavy atom. The van der Waals surface area contributed by atoms with Crippen molar-refractivity contribution in [1.29, 1.82) is 0 Å². The molecular weight excluding hydrogens is 224 g/mol. The summed E-state index contributed by atoms with van der Waals surface area (Å²) in [6, 6.07) is 0.528. The highest BCUT2D eigenvalue weighted by atomic mass is 15.4. The van der Waals surface area contributed by atoms with E-state index in [4.69, 9.17) is 0 Å². The fourth-order valence-electron chi connectivity index (χ4n) is 1.84. The van der Waals surface area contributed by atoms with Crippen LogP contribution in [0, 0.1) is 5.92 Å². The third kappa shape index (κ3) is 4.77. The van der Waals surface area contributed by atoms with Crippen LogP contribution >= 0.6 is 0 Å². The summed E-state index contributed by atoms with van der Waals surface area (Å²) in [4.78, 5) is 0. The largest absolute Gasteiger partial charge is 0.309 e. The van der Waals surface area contributed by atoms with Gasteiger partial charge >= 0.3 is 0 Å². The van der Waals surface area contributed by atoms with E-state index in [1.165, 1.54) is 12.8 Å². The Kier molecular flexibility index (Phi) is 5.32. The van der Waals surface area contributed by atoms with E-state index < -0.39 is 0 Å². The Hall–Kier alpha value is -0.900. The van der Waals surface area contributed by atoms with Crippen LogP contribution in [0.15, 0.2) is 6.20 Å². The van der Waals surface area contributed by atoms with Crippen molar-refractivity contribution in [3.63, 3.8) is 0 Å². The summed E-state index contributed by atoms with van der Waals surface area (Å²) in [7, 11) is 0. The maximum atomic E-state index is 4.20. The standard InChI is InChI=1S/C14H28N4/c1-7-11(2)8-12(3)15-9-13-10-18(17-16-13)14(4,5)6/h10-12,15H,7-9H2,1-6H3. The molecule has 0 fully saturated rings. The molecule has 4 heteroatoms. The average Bonchev–Trinajstić information content (AvgIpc) is 2.74.